The molecule has 0 aromatic heterocycles. The van der Waals surface area contributed by atoms with E-state index in [1.54, 1.807) is 0 Å². The second-order valence-electron chi connectivity index (χ2n) is 1.87. The monoisotopic (exact) mass is 184 g/mol. The van der Waals surface area contributed by atoms with Crippen molar-refractivity contribution in [3.8, 4) is 0 Å². The van der Waals surface area contributed by atoms with Crippen LogP contribution in [0.5, 0.6) is 0 Å². The Morgan fingerprint density at radius 2 is 1.73 bits per heavy atom. The van der Waals surface area contributed by atoms with E-state index >= 15 is 0 Å². The molecule has 0 aliphatic rings. The molecule has 0 rings (SSSR count). The van der Waals surface area contributed by atoms with Gasteiger partial charge in [0.2, 0.25) is 0 Å². The molecule has 0 radical (unpaired) electrons. The number of hydrogen-bond donors (Lipinski definition) is 4. The van der Waals surface area contributed by atoms with Gasteiger partial charge in [0.25, 0.3) is 0 Å². The van der Waals surface area contributed by atoms with Crippen LogP contribution in [0.25, 0.3) is 0 Å². The highest BCUT2D eigenvalue weighted by molar-refractivity contribution is 7.59. The summed E-state index contributed by atoms with van der Waals surface area (Å²) in [4.78, 5) is 9.76. The summed E-state index contributed by atoms with van der Waals surface area (Å²) in [5, 5.41) is 34.1. The molecule has 3 atom stereocenters. The van der Waals surface area contributed by atoms with Gasteiger partial charge in [-0.3, -0.25) is 0 Å². The molecule has 0 heterocycles. The van der Waals surface area contributed by atoms with Crippen molar-refractivity contribution in [2.45, 2.75) is 18.3 Å². The maximum atomic E-state index is 9.76. The van der Waals surface area contributed by atoms with E-state index in [0.717, 1.165) is 0 Å². The first-order chi connectivity index (χ1) is 4.63. The molecule has 6 heteroatoms. The Labute approximate surface area is 70.7 Å². The Bertz CT molecular complexity index is 109. The SMILES string of the molecule is O=C[C@H](O)[C@@H](O)[C@H](O)CO.S. The molecule has 5 nitrogen and oxygen atoms in total. The van der Waals surface area contributed by atoms with Crippen molar-refractivity contribution in [2.24, 2.45) is 0 Å². The highest BCUT2D eigenvalue weighted by Gasteiger charge is 2.22. The van der Waals surface area contributed by atoms with E-state index in [4.69, 9.17) is 20.4 Å². The average molecular weight is 184 g/mol. The van der Waals surface area contributed by atoms with E-state index in [2.05, 4.69) is 0 Å². The van der Waals surface area contributed by atoms with Crippen LogP contribution in [0.15, 0.2) is 0 Å². The van der Waals surface area contributed by atoms with Crippen molar-refractivity contribution in [1.29, 1.82) is 0 Å². The van der Waals surface area contributed by atoms with Gasteiger partial charge in [0.1, 0.15) is 18.3 Å². The minimum atomic E-state index is -1.64. The van der Waals surface area contributed by atoms with Crippen molar-refractivity contribution in [3.63, 3.8) is 0 Å². The van der Waals surface area contributed by atoms with E-state index in [1.165, 1.54) is 0 Å². The van der Waals surface area contributed by atoms with E-state index in [0.29, 0.717) is 0 Å². The van der Waals surface area contributed by atoms with Gasteiger partial charge in [-0.05, 0) is 0 Å². The smallest absolute Gasteiger partial charge is 0.151 e. The van der Waals surface area contributed by atoms with Crippen molar-refractivity contribution in [2.75, 3.05) is 6.61 Å². The molecule has 68 valence electrons. The largest absolute Gasteiger partial charge is 0.394 e. The molecule has 0 aromatic carbocycles. The summed E-state index contributed by atoms with van der Waals surface area (Å²) in [7, 11) is 0. The van der Waals surface area contributed by atoms with Crippen LogP contribution in [0.3, 0.4) is 0 Å². The lowest BCUT2D eigenvalue weighted by Gasteiger charge is -2.16. The molecule has 0 aliphatic heterocycles. The van der Waals surface area contributed by atoms with Crippen LogP contribution >= 0.6 is 13.5 Å². The molecule has 0 spiro atoms. The van der Waals surface area contributed by atoms with E-state index in [9.17, 15) is 4.79 Å². The lowest BCUT2D eigenvalue weighted by molar-refractivity contribution is -0.127. The Morgan fingerprint density at radius 1 is 1.27 bits per heavy atom. The standard InChI is InChI=1S/C5H10O5.H2S/c6-1-3(8)5(10)4(9)2-7;/h1,3-5,7-10H,2H2;1H2/t3-,4+,5+;/m0./s1. The lowest BCUT2D eigenvalue weighted by Crippen LogP contribution is -2.40. The molecule has 0 aromatic rings. The lowest BCUT2D eigenvalue weighted by atomic mass is 10.1. The molecule has 0 aliphatic carbocycles. The number of aliphatic hydroxyl groups is 4. The first kappa shape index (κ1) is 13.4. The zero-order valence-corrected chi connectivity index (χ0v) is 6.71. The van der Waals surface area contributed by atoms with Gasteiger partial charge in [-0.1, -0.05) is 0 Å². The van der Waals surface area contributed by atoms with Crippen LogP contribution < -0.4 is 0 Å². The van der Waals surface area contributed by atoms with Gasteiger partial charge in [-0.25, -0.2) is 0 Å². The van der Waals surface area contributed by atoms with Crippen LogP contribution in [0, 0.1) is 0 Å². The number of carbonyl (C=O) groups excluding carboxylic acids is 1. The first-order valence-electron chi connectivity index (χ1n) is 2.73. The van der Waals surface area contributed by atoms with Crippen LogP contribution in [0.2, 0.25) is 0 Å². The van der Waals surface area contributed by atoms with Crippen molar-refractivity contribution < 1.29 is 25.2 Å². The predicted octanol–water partition coefficient (Wildman–Crippen LogP) is -2.63. The van der Waals surface area contributed by atoms with E-state index in [1.807, 2.05) is 0 Å². The van der Waals surface area contributed by atoms with Gasteiger partial charge < -0.3 is 25.2 Å². The molecule has 0 fully saturated rings. The maximum absolute atomic E-state index is 9.76. The summed E-state index contributed by atoms with van der Waals surface area (Å²) in [5.74, 6) is 0. The number of aliphatic hydroxyl groups excluding tert-OH is 4. The van der Waals surface area contributed by atoms with Crippen molar-refractivity contribution >= 4 is 19.8 Å². The summed E-state index contributed by atoms with van der Waals surface area (Å²) in [6, 6.07) is 0. The highest BCUT2D eigenvalue weighted by atomic mass is 32.1. The van der Waals surface area contributed by atoms with E-state index in [-0.39, 0.29) is 19.8 Å². The minimum absolute atomic E-state index is 0. The van der Waals surface area contributed by atoms with Crippen molar-refractivity contribution in [3.05, 3.63) is 0 Å². The summed E-state index contributed by atoms with van der Waals surface area (Å²) < 4.78 is 0. The Hall–Kier alpha value is -0.140. The number of carbonyl (C=O) groups is 1. The number of hydrogen-bond acceptors (Lipinski definition) is 5. The predicted molar refractivity (Wildman–Crippen MR) is 41.6 cm³/mol. The Morgan fingerprint density at radius 3 is 2.00 bits per heavy atom. The average Bonchev–Trinajstić information content (AvgIpc) is 2.00. The van der Waals surface area contributed by atoms with Gasteiger partial charge >= 0.3 is 0 Å². The van der Waals surface area contributed by atoms with Crippen LogP contribution in [-0.4, -0.2) is 51.6 Å². The quantitative estimate of drug-likeness (QED) is 0.358. The van der Waals surface area contributed by atoms with E-state index < -0.39 is 24.9 Å². The molecular weight excluding hydrogens is 172 g/mol. The summed E-state index contributed by atoms with van der Waals surface area (Å²) >= 11 is 0. The molecule has 0 bridgehead atoms. The molecule has 11 heavy (non-hydrogen) atoms. The van der Waals surface area contributed by atoms with Gasteiger partial charge in [-0.15, -0.1) is 0 Å². The highest BCUT2D eigenvalue weighted by Crippen LogP contribution is 1.96. The van der Waals surface area contributed by atoms with Crippen molar-refractivity contribution in [1.82, 2.24) is 0 Å². The topological polar surface area (TPSA) is 98.0 Å². The second-order valence-corrected chi connectivity index (χ2v) is 1.87. The van der Waals surface area contributed by atoms with Crippen LogP contribution in [0.4, 0.5) is 0 Å². The van der Waals surface area contributed by atoms with Crippen LogP contribution in [-0.2, 0) is 4.79 Å². The number of aldehydes is 1. The zero-order chi connectivity index (χ0) is 8.15. The fourth-order valence-corrected chi connectivity index (χ4v) is 0.416. The second kappa shape index (κ2) is 6.56. The molecule has 4 N–H and O–H groups in total. The minimum Gasteiger partial charge on any atom is -0.394 e. The number of rotatable bonds is 4. The van der Waals surface area contributed by atoms with Gasteiger partial charge in [0.15, 0.2) is 6.29 Å². The third-order valence-electron chi connectivity index (χ3n) is 1.07. The normalized spacial score (nSPS) is 17.8. The summed E-state index contributed by atoms with van der Waals surface area (Å²) in [5.41, 5.74) is 0. The van der Waals surface area contributed by atoms with Gasteiger partial charge in [0, 0.05) is 0 Å². The fourth-order valence-electron chi connectivity index (χ4n) is 0.416. The molecule has 0 amide bonds. The van der Waals surface area contributed by atoms with Gasteiger partial charge in [-0.2, -0.15) is 13.5 Å². The third-order valence-corrected chi connectivity index (χ3v) is 1.07. The molecule has 0 unspecified atom stereocenters. The Kier molecular flexibility index (Phi) is 8.02. The first-order valence-corrected chi connectivity index (χ1v) is 2.73. The third kappa shape index (κ3) is 4.33. The summed E-state index contributed by atoms with van der Waals surface area (Å²) in [6.45, 7) is -0.688. The Balaban J connectivity index is 0. The molecular formula is C5H12O5S. The van der Waals surface area contributed by atoms with Gasteiger partial charge in [0.05, 0.1) is 6.61 Å². The zero-order valence-electron chi connectivity index (χ0n) is 5.71. The summed E-state index contributed by atoms with van der Waals surface area (Å²) in [6.07, 6.45) is -4.63. The maximum Gasteiger partial charge on any atom is 0.151 e. The molecule has 0 saturated carbocycles. The van der Waals surface area contributed by atoms with Crippen LogP contribution in [0.1, 0.15) is 0 Å². The fraction of sp³-hybridized carbons (Fsp3) is 0.800. The molecule has 0 saturated heterocycles.